The lowest BCUT2D eigenvalue weighted by molar-refractivity contribution is 0.498. The lowest BCUT2D eigenvalue weighted by Gasteiger charge is -2.29. The summed E-state index contributed by atoms with van der Waals surface area (Å²) in [4.78, 5) is 6.39. The van der Waals surface area contributed by atoms with Crippen molar-refractivity contribution in [2.24, 2.45) is 5.73 Å². The molecule has 94 valence electrons. The number of H-pyrrole nitrogens is 1. The van der Waals surface area contributed by atoms with Crippen LogP contribution in [0.3, 0.4) is 0 Å². The Morgan fingerprint density at radius 3 is 2.89 bits per heavy atom. The maximum atomic E-state index is 5.91. The van der Waals surface area contributed by atoms with Gasteiger partial charge in [0.05, 0.1) is 5.69 Å². The van der Waals surface area contributed by atoms with E-state index in [9.17, 15) is 0 Å². The average molecular weight is 243 g/mol. The molecule has 0 saturated carbocycles. The van der Waals surface area contributed by atoms with Crippen LogP contribution in [0.4, 0.5) is 5.82 Å². The standard InChI is InChI=1S/C13H17N5/c14-11-3-6-18(7-4-11)13-8-12(16-17-13)10-2-1-5-15-9-10/h1-2,5,8-9,11H,3-4,6-7,14H2,(H,16,17). The quantitative estimate of drug-likeness (QED) is 0.836. The molecule has 0 radical (unpaired) electrons. The van der Waals surface area contributed by atoms with E-state index in [0.717, 1.165) is 43.0 Å². The van der Waals surface area contributed by atoms with Crippen molar-refractivity contribution in [2.45, 2.75) is 18.9 Å². The number of rotatable bonds is 2. The summed E-state index contributed by atoms with van der Waals surface area (Å²) in [6.07, 6.45) is 5.68. The molecule has 18 heavy (non-hydrogen) atoms. The van der Waals surface area contributed by atoms with Crippen molar-refractivity contribution < 1.29 is 0 Å². The van der Waals surface area contributed by atoms with Crippen molar-refractivity contribution in [1.82, 2.24) is 15.2 Å². The van der Waals surface area contributed by atoms with E-state index in [1.54, 1.807) is 6.20 Å². The summed E-state index contributed by atoms with van der Waals surface area (Å²) in [6, 6.07) is 6.37. The average Bonchev–Trinajstić information content (AvgIpc) is 2.90. The molecule has 3 heterocycles. The predicted octanol–water partition coefficient (Wildman–Crippen LogP) is 1.40. The van der Waals surface area contributed by atoms with Gasteiger partial charge in [-0.2, -0.15) is 5.10 Å². The van der Waals surface area contributed by atoms with Crippen LogP contribution in [-0.4, -0.2) is 34.3 Å². The van der Waals surface area contributed by atoms with E-state index < -0.39 is 0 Å². The first-order valence-corrected chi connectivity index (χ1v) is 6.29. The van der Waals surface area contributed by atoms with Gasteiger partial charge in [-0.25, -0.2) is 0 Å². The Kier molecular flexibility index (Phi) is 2.98. The van der Waals surface area contributed by atoms with Crippen LogP contribution in [0.25, 0.3) is 11.3 Å². The molecular weight excluding hydrogens is 226 g/mol. The zero-order valence-corrected chi connectivity index (χ0v) is 10.2. The maximum absolute atomic E-state index is 5.91. The van der Waals surface area contributed by atoms with Gasteiger partial charge in [-0.15, -0.1) is 0 Å². The number of aromatic nitrogens is 3. The summed E-state index contributed by atoms with van der Waals surface area (Å²) in [5.41, 5.74) is 7.98. The first-order chi connectivity index (χ1) is 8.83. The normalized spacial score (nSPS) is 17.1. The van der Waals surface area contributed by atoms with E-state index in [-0.39, 0.29) is 0 Å². The molecule has 0 atom stereocenters. The Bertz CT molecular complexity index is 499. The first-order valence-electron chi connectivity index (χ1n) is 6.29. The van der Waals surface area contributed by atoms with Gasteiger partial charge in [0.15, 0.2) is 5.82 Å². The molecule has 0 amide bonds. The van der Waals surface area contributed by atoms with E-state index in [1.807, 2.05) is 18.3 Å². The highest BCUT2D eigenvalue weighted by Gasteiger charge is 2.18. The third-order valence-corrected chi connectivity index (χ3v) is 3.40. The van der Waals surface area contributed by atoms with E-state index >= 15 is 0 Å². The van der Waals surface area contributed by atoms with Crippen LogP contribution >= 0.6 is 0 Å². The van der Waals surface area contributed by atoms with Crippen molar-refractivity contribution >= 4 is 5.82 Å². The molecule has 0 unspecified atom stereocenters. The largest absolute Gasteiger partial charge is 0.355 e. The van der Waals surface area contributed by atoms with Gasteiger partial charge in [-0.1, -0.05) is 0 Å². The van der Waals surface area contributed by atoms with Gasteiger partial charge in [0.2, 0.25) is 0 Å². The lowest BCUT2D eigenvalue weighted by atomic mass is 10.1. The molecule has 0 spiro atoms. The number of nitrogens with one attached hydrogen (secondary N) is 1. The van der Waals surface area contributed by atoms with Crippen LogP contribution in [-0.2, 0) is 0 Å². The minimum absolute atomic E-state index is 0.345. The Morgan fingerprint density at radius 2 is 2.17 bits per heavy atom. The Morgan fingerprint density at radius 1 is 1.33 bits per heavy atom. The number of hydrogen-bond acceptors (Lipinski definition) is 4. The topological polar surface area (TPSA) is 70.8 Å². The van der Waals surface area contributed by atoms with E-state index in [2.05, 4.69) is 26.1 Å². The molecule has 1 saturated heterocycles. The van der Waals surface area contributed by atoms with E-state index in [0.29, 0.717) is 6.04 Å². The monoisotopic (exact) mass is 243 g/mol. The smallest absolute Gasteiger partial charge is 0.150 e. The summed E-state index contributed by atoms with van der Waals surface area (Å²) in [5, 5.41) is 7.44. The second kappa shape index (κ2) is 4.78. The van der Waals surface area contributed by atoms with Crippen molar-refractivity contribution in [3.63, 3.8) is 0 Å². The molecule has 3 N–H and O–H groups in total. The third kappa shape index (κ3) is 2.22. The molecule has 1 aliphatic rings. The van der Waals surface area contributed by atoms with Crippen molar-refractivity contribution in [3.8, 4) is 11.3 Å². The molecule has 0 bridgehead atoms. The fourth-order valence-corrected chi connectivity index (χ4v) is 2.27. The molecule has 2 aromatic rings. The summed E-state index contributed by atoms with van der Waals surface area (Å²) in [7, 11) is 0. The van der Waals surface area contributed by atoms with Crippen LogP contribution < -0.4 is 10.6 Å². The van der Waals surface area contributed by atoms with Gasteiger partial charge in [0.25, 0.3) is 0 Å². The van der Waals surface area contributed by atoms with Gasteiger partial charge < -0.3 is 10.6 Å². The van der Waals surface area contributed by atoms with Gasteiger partial charge in [0, 0.05) is 43.2 Å². The highest BCUT2D eigenvalue weighted by atomic mass is 15.3. The van der Waals surface area contributed by atoms with E-state index in [4.69, 9.17) is 5.73 Å². The minimum Gasteiger partial charge on any atom is -0.355 e. The van der Waals surface area contributed by atoms with Crippen molar-refractivity contribution in [2.75, 3.05) is 18.0 Å². The molecule has 2 aromatic heterocycles. The number of hydrogen-bond donors (Lipinski definition) is 2. The number of anilines is 1. The SMILES string of the molecule is NC1CCN(c2cc(-c3cccnc3)[nH]n2)CC1. The lowest BCUT2D eigenvalue weighted by Crippen LogP contribution is -2.39. The summed E-state index contributed by atoms with van der Waals surface area (Å²) in [6.45, 7) is 1.97. The minimum atomic E-state index is 0.345. The van der Waals surface area contributed by atoms with Crippen LogP contribution in [0, 0.1) is 0 Å². The number of aromatic amines is 1. The highest BCUT2D eigenvalue weighted by Crippen LogP contribution is 2.23. The summed E-state index contributed by atoms with van der Waals surface area (Å²) < 4.78 is 0. The molecule has 0 aromatic carbocycles. The summed E-state index contributed by atoms with van der Waals surface area (Å²) in [5.74, 6) is 1.00. The number of pyridine rings is 1. The molecule has 3 rings (SSSR count). The molecule has 0 aliphatic carbocycles. The molecule has 1 aliphatic heterocycles. The van der Waals surface area contributed by atoms with Gasteiger partial charge >= 0.3 is 0 Å². The summed E-state index contributed by atoms with van der Waals surface area (Å²) >= 11 is 0. The van der Waals surface area contributed by atoms with Gasteiger partial charge in [-0.05, 0) is 25.0 Å². The second-order valence-corrected chi connectivity index (χ2v) is 4.71. The van der Waals surface area contributed by atoms with E-state index in [1.165, 1.54) is 0 Å². The maximum Gasteiger partial charge on any atom is 0.150 e. The number of nitrogens with two attached hydrogens (primary N) is 1. The highest BCUT2D eigenvalue weighted by molar-refractivity contribution is 5.62. The molecule has 5 nitrogen and oxygen atoms in total. The van der Waals surface area contributed by atoms with Crippen LogP contribution in [0.5, 0.6) is 0 Å². The predicted molar refractivity (Wildman–Crippen MR) is 71.2 cm³/mol. The Labute approximate surface area is 106 Å². The third-order valence-electron chi connectivity index (χ3n) is 3.40. The molecular formula is C13H17N5. The van der Waals surface area contributed by atoms with Crippen molar-refractivity contribution in [3.05, 3.63) is 30.6 Å². The molecule has 1 fully saturated rings. The van der Waals surface area contributed by atoms with Crippen LogP contribution in [0.2, 0.25) is 0 Å². The van der Waals surface area contributed by atoms with Gasteiger partial charge in [0.1, 0.15) is 0 Å². The first kappa shape index (κ1) is 11.2. The number of nitrogens with zero attached hydrogens (tertiary/aromatic N) is 3. The van der Waals surface area contributed by atoms with Crippen LogP contribution in [0.1, 0.15) is 12.8 Å². The zero-order valence-electron chi connectivity index (χ0n) is 10.2. The van der Waals surface area contributed by atoms with Crippen LogP contribution in [0.15, 0.2) is 30.6 Å². The number of piperidine rings is 1. The zero-order chi connectivity index (χ0) is 12.4. The second-order valence-electron chi connectivity index (χ2n) is 4.71. The van der Waals surface area contributed by atoms with Crippen molar-refractivity contribution in [1.29, 1.82) is 0 Å². The fraction of sp³-hybridized carbons (Fsp3) is 0.385. The molecule has 5 heteroatoms. The fourth-order valence-electron chi connectivity index (χ4n) is 2.27. The Hall–Kier alpha value is -1.88. The Balaban J connectivity index is 1.78. The van der Waals surface area contributed by atoms with Gasteiger partial charge in [-0.3, -0.25) is 10.1 Å².